The summed E-state index contributed by atoms with van der Waals surface area (Å²) in [5.41, 5.74) is 2.05. The van der Waals surface area contributed by atoms with Crippen LogP contribution in [0.1, 0.15) is 28.8 Å². The molecule has 1 fully saturated rings. The number of hydrogen-bond acceptors (Lipinski definition) is 4. The number of anilines is 1. The zero-order chi connectivity index (χ0) is 21.8. The third kappa shape index (κ3) is 4.66. The summed E-state index contributed by atoms with van der Waals surface area (Å²) in [5, 5.41) is 3.07. The monoisotopic (exact) mass is 431 g/mol. The smallest absolute Gasteiger partial charge is 0.303 e. The highest BCUT2D eigenvalue weighted by Gasteiger charge is 2.34. The van der Waals surface area contributed by atoms with Crippen molar-refractivity contribution in [1.82, 2.24) is 9.62 Å². The molecule has 3 rings (SSSR count). The largest absolute Gasteiger partial charge is 0.381 e. The zero-order valence-electron chi connectivity index (χ0n) is 17.7. The lowest BCUT2D eigenvalue weighted by Crippen LogP contribution is -2.44. The first-order valence-corrected chi connectivity index (χ1v) is 11.3. The zero-order valence-corrected chi connectivity index (χ0v) is 18.5. The lowest BCUT2D eigenvalue weighted by atomic mass is 9.74. The molecule has 1 N–H and O–H groups in total. The molecule has 1 saturated heterocycles. The van der Waals surface area contributed by atoms with Gasteiger partial charge < -0.3 is 10.1 Å². The lowest BCUT2D eigenvalue weighted by Gasteiger charge is -2.38. The highest BCUT2D eigenvalue weighted by molar-refractivity contribution is 7.90. The van der Waals surface area contributed by atoms with E-state index in [2.05, 4.69) is 17.4 Å². The third-order valence-electron chi connectivity index (χ3n) is 5.72. The predicted molar refractivity (Wildman–Crippen MR) is 118 cm³/mol. The molecular formula is C22H29N3O4S. The molecule has 1 aliphatic rings. The van der Waals surface area contributed by atoms with Crippen molar-refractivity contribution in [3.8, 4) is 0 Å². The molecule has 0 atom stereocenters. The van der Waals surface area contributed by atoms with Crippen molar-refractivity contribution in [2.45, 2.75) is 18.3 Å². The van der Waals surface area contributed by atoms with Gasteiger partial charge in [0.25, 0.3) is 5.91 Å². The molecule has 0 spiro atoms. The van der Waals surface area contributed by atoms with Crippen LogP contribution in [0.2, 0.25) is 0 Å². The number of benzene rings is 2. The summed E-state index contributed by atoms with van der Waals surface area (Å²) in [7, 11) is 0.870. The second-order valence-corrected chi connectivity index (χ2v) is 9.92. The van der Waals surface area contributed by atoms with E-state index in [1.807, 2.05) is 18.2 Å². The first-order valence-electron chi connectivity index (χ1n) is 9.94. The van der Waals surface area contributed by atoms with E-state index in [0.29, 0.717) is 31.0 Å². The van der Waals surface area contributed by atoms with E-state index in [9.17, 15) is 13.2 Å². The summed E-state index contributed by atoms with van der Waals surface area (Å²) < 4.78 is 32.4. The number of carbonyl (C=O) groups is 1. The normalized spacial score (nSPS) is 16.3. The van der Waals surface area contributed by atoms with Crippen LogP contribution in [0.5, 0.6) is 0 Å². The van der Waals surface area contributed by atoms with Crippen molar-refractivity contribution >= 4 is 21.8 Å². The minimum absolute atomic E-state index is 0.144. The Hall–Kier alpha value is -2.42. The molecule has 0 aliphatic carbocycles. The maximum atomic E-state index is 12.8. The van der Waals surface area contributed by atoms with Gasteiger partial charge >= 0.3 is 10.2 Å². The Labute approximate surface area is 178 Å². The minimum atomic E-state index is -3.57. The molecule has 0 unspecified atom stereocenters. The Morgan fingerprint density at radius 1 is 1.00 bits per heavy atom. The Kier molecular flexibility index (Phi) is 6.80. The molecule has 1 amide bonds. The number of nitrogens with zero attached hydrogens (tertiary/aromatic N) is 2. The van der Waals surface area contributed by atoms with Gasteiger partial charge in [-0.15, -0.1) is 0 Å². The van der Waals surface area contributed by atoms with Crippen molar-refractivity contribution in [3.63, 3.8) is 0 Å². The van der Waals surface area contributed by atoms with Crippen molar-refractivity contribution in [3.05, 3.63) is 65.7 Å². The third-order valence-corrected chi connectivity index (χ3v) is 7.55. The molecule has 2 aromatic rings. The Balaban J connectivity index is 1.71. The van der Waals surface area contributed by atoms with Gasteiger partial charge in [-0.2, -0.15) is 12.7 Å². The topological polar surface area (TPSA) is 79.0 Å². The summed E-state index contributed by atoms with van der Waals surface area (Å²) in [6.45, 7) is 1.87. The average Bonchev–Trinajstić information content (AvgIpc) is 2.78. The Morgan fingerprint density at radius 3 is 2.17 bits per heavy atom. The summed E-state index contributed by atoms with van der Waals surface area (Å²) in [5.74, 6) is -0.179. The molecular weight excluding hydrogens is 402 g/mol. The molecule has 2 aromatic carbocycles. The van der Waals surface area contributed by atoms with Crippen LogP contribution in [0.3, 0.4) is 0 Å². The van der Waals surface area contributed by atoms with Crippen LogP contribution in [0.4, 0.5) is 5.69 Å². The maximum Gasteiger partial charge on any atom is 0.303 e. The van der Waals surface area contributed by atoms with Gasteiger partial charge in [-0.05, 0) is 42.7 Å². The van der Waals surface area contributed by atoms with Gasteiger partial charge in [0, 0.05) is 51.9 Å². The summed E-state index contributed by atoms with van der Waals surface area (Å²) in [4.78, 5) is 12.8. The van der Waals surface area contributed by atoms with Crippen LogP contribution in [-0.4, -0.2) is 59.5 Å². The molecule has 162 valence electrons. The quantitative estimate of drug-likeness (QED) is 0.730. The average molecular weight is 432 g/mol. The number of hydrogen-bond donors (Lipinski definition) is 1. The van der Waals surface area contributed by atoms with E-state index in [0.717, 1.165) is 17.1 Å². The number of ether oxygens (including phenoxy) is 1. The highest BCUT2D eigenvalue weighted by atomic mass is 32.2. The molecule has 8 heteroatoms. The van der Waals surface area contributed by atoms with Gasteiger partial charge in [-0.25, -0.2) is 0 Å². The second-order valence-electron chi connectivity index (χ2n) is 7.75. The lowest BCUT2D eigenvalue weighted by molar-refractivity contribution is 0.0487. The maximum absolute atomic E-state index is 12.8. The van der Waals surface area contributed by atoms with Crippen LogP contribution < -0.4 is 9.62 Å². The van der Waals surface area contributed by atoms with E-state index in [1.54, 1.807) is 24.3 Å². The van der Waals surface area contributed by atoms with Gasteiger partial charge in [0.2, 0.25) is 0 Å². The van der Waals surface area contributed by atoms with Gasteiger partial charge in [0.1, 0.15) is 0 Å². The first kappa shape index (κ1) is 22.3. The van der Waals surface area contributed by atoms with Crippen LogP contribution in [0.25, 0.3) is 0 Å². The molecule has 1 heterocycles. The minimum Gasteiger partial charge on any atom is -0.381 e. The van der Waals surface area contributed by atoms with Crippen molar-refractivity contribution < 1.29 is 17.9 Å². The Morgan fingerprint density at radius 2 is 1.60 bits per heavy atom. The van der Waals surface area contributed by atoms with Gasteiger partial charge in [-0.3, -0.25) is 9.10 Å². The fraction of sp³-hybridized carbons (Fsp3) is 0.409. The Bertz CT molecular complexity index is 954. The fourth-order valence-corrected chi connectivity index (χ4v) is 4.55. The van der Waals surface area contributed by atoms with E-state index < -0.39 is 10.2 Å². The fourth-order valence-electron chi connectivity index (χ4n) is 3.67. The second kappa shape index (κ2) is 9.16. The van der Waals surface area contributed by atoms with Crippen molar-refractivity contribution in [2.75, 3.05) is 45.2 Å². The van der Waals surface area contributed by atoms with Crippen LogP contribution in [0.15, 0.2) is 54.6 Å². The van der Waals surface area contributed by atoms with Crippen molar-refractivity contribution in [1.29, 1.82) is 0 Å². The number of rotatable bonds is 7. The van der Waals surface area contributed by atoms with Gasteiger partial charge in [-0.1, -0.05) is 30.3 Å². The molecule has 30 heavy (non-hydrogen) atoms. The molecule has 0 aromatic heterocycles. The SMILES string of the molecule is CN(C)S(=O)(=O)N(C)c1ccc(C(=O)NCC2(c3ccccc3)CCOCC2)cc1. The van der Waals surface area contributed by atoms with Gasteiger partial charge in [0.15, 0.2) is 0 Å². The van der Waals surface area contributed by atoms with E-state index in [4.69, 9.17) is 4.74 Å². The summed E-state index contributed by atoms with van der Waals surface area (Å²) in [6.07, 6.45) is 1.70. The number of carbonyl (C=O) groups excluding carboxylic acids is 1. The van der Waals surface area contributed by atoms with E-state index in [-0.39, 0.29) is 11.3 Å². The van der Waals surface area contributed by atoms with Crippen LogP contribution in [0, 0.1) is 0 Å². The summed E-state index contributed by atoms with van der Waals surface area (Å²) >= 11 is 0. The van der Waals surface area contributed by atoms with Crippen LogP contribution in [-0.2, 0) is 20.4 Å². The first-order chi connectivity index (χ1) is 14.3. The highest BCUT2D eigenvalue weighted by Crippen LogP contribution is 2.34. The standard InChI is InChI=1S/C22H29N3O4S/c1-24(2)30(27,28)25(3)20-11-9-18(10-12-20)21(26)23-17-22(13-15-29-16-14-22)19-7-5-4-6-8-19/h4-12H,13-17H2,1-3H3,(H,23,26). The van der Waals surface area contributed by atoms with Crippen molar-refractivity contribution in [2.24, 2.45) is 0 Å². The molecule has 0 radical (unpaired) electrons. The van der Waals surface area contributed by atoms with E-state index >= 15 is 0 Å². The molecule has 1 aliphatic heterocycles. The predicted octanol–water partition coefficient (Wildman–Crippen LogP) is 2.41. The van der Waals surface area contributed by atoms with E-state index in [1.165, 1.54) is 31.0 Å². The van der Waals surface area contributed by atoms with Gasteiger partial charge in [0.05, 0.1) is 5.69 Å². The summed E-state index contributed by atoms with van der Waals surface area (Å²) in [6, 6.07) is 16.8. The molecule has 0 bridgehead atoms. The number of amides is 1. The number of nitrogens with one attached hydrogen (secondary N) is 1. The molecule has 7 nitrogen and oxygen atoms in total. The van der Waals surface area contributed by atoms with Crippen LogP contribution >= 0.6 is 0 Å². The molecule has 0 saturated carbocycles.